The van der Waals surface area contributed by atoms with Gasteiger partial charge in [-0.3, -0.25) is 9.52 Å². The van der Waals surface area contributed by atoms with Crippen molar-refractivity contribution in [1.82, 2.24) is 4.72 Å². The highest BCUT2D eigenvalue weighted by Crippen LogP contribution is 2.32. The minimum atomic E-state index is -1.11. The van der Waals surface area contributed by atoms with Gasteiger partial charge in [0.15, 0.2) is 0 Å². The number of amides is 1. The van der Waals surface area contributed by atoms with E-state index in [2.05, 4.69) is 16.1 Å². The lowest BCUT2D eigenvalue weighted by atomic mass is 9.93. The van der Waals surface area contributed by atoms with Crippen LogP contribution < -0.4 is 19.5 Å². The second-order valence-electron chi connectivity index (χ2n) is 11.0. The Bertz CT molecular complexity index is 1900. The lowest BCUT2D eigenvalue weighted by Crippen LogP contribution is -2.33. The first-order valence-electron chi connectivity index (χ1n) is 15.0. The fraction of sp³-hybridized carbons (Fsp3) is 0.167. The molecule has 0 aliphatic heterocycles. The first-order valence-corrected chi connectivity index (χ1v) is 16.5. The lowest BCUT2D eigenvalue weighted by Gasteiger charge is -2.29. The van der Waals surface area contributed by atoms with E-state index in [9.17, 15) is 14.7 Å². The van der Waals surface area contributed by atoms with Crippen LogP contribution >= 0.6 is 35.1 Å². The molecule has 1 aliphatic rings. The molecule has 1 saturated carbocycles. The van der Waals surface area contributed by atoms with Gasteiger partial charge in [0.25, 0.3) is 5.91 Å². The Morgan fingerprint density at radius 2 is 1.38 bits per heavy atom. The summed E-state index contributed by atoms with van der Waals surface area (Å²) in [6, 6.07) is 31.0. The van der Waals surface area contributed by atoms with E-state index in [-0.39, 0.29) is 17.4 Å². The topological polar surface area (TPSA) is 131 Å². The molecule has 3 N–H and O–H groups in total. The van der Waals surface area contributed by atoms with Crippen LogP contribution in [0.2, 0.25) is 10.0 Å². The molecule has 0 aromatic heterocycles. The number of carboxylic acids is 1. The number of carbonyl (C=O) groups excluding carboxylic acids is 1. The van der Waals surface area contributed by atoms with Gasteiger partial charge in [0.2, 0.25) is 0 Å². The van der Waals surface area contributed by atoms with Gasteiger partial charge in [-0.15, -0.1) is 0 Å². The van der Waals surface area contributed by atoms with E-state index in [0.717, 1.165) is 47.1 Å². The molecule has 48 heavy (non-hydrogen) atoms. The van der Waals surface area contributed by atoms with Crippen LogP contribution in [0.15, 0.2) is 108 Å². The molecule has 0 heterocycles. The normalized spacial score (nSPS) is 15.5. The summed E-state index contributed by atoms with van der Waals surface area (Å²) in [6.07, 6.45) is 4.17. The smallest absolute Gasteiger partial charge is 0.337 e. The fourth-order valence-corrected chi connectivity index (χ4v) is 6.52. The molecular weight excluding hydrogens is 675 g/mol. The molecule has 1 aliphatic carbocycles. The SMILES string of the molecule is O=C(Nc1ccccc1C(=O)O)c1ccc(Oc2ccc3cc(OC4CCC(NSc5ccc(Cl)c(Cl)c5)CC4)ccc3c2)cc1.O=O. The van der Waals surface area contributed by atoms with Crippen LogP contribution in [0.25, 0.3) is 10.8 Å². The molecule has 0 saturated heterocycles. The molecule has 5 aromatic rings. The van der Waals surface area contributed by atoms with Crippen molar-refractivity contribution < 1.29 is 24.2 Å². The van der Waals surface area contributed by atoms with Crippen LogP contribution in [0, 0.1) is 9.93 Å². The second-order valence-corrected chi connectivity index (χ2v) is 12.7. The first-order chi connectivity index (χ1) is 23.3. The summed E-state index contributed by atoms with van der Waals surface area (Å²) in [6.45, 7) is 0. The predicted molar refractivity (Wildman–Crippen MR) is 191 cm³/mol. The average molecular weight is 706 g/mol. The molecule has 0 unspecified atom stereocenters. The van der Waals surface area contributed by atoms with E-state index in [1.165, 1.54) is 6.07 Å². The Hall–Kier alpha value is -4.61. The summed E-state index contributed by atoms with van der Waals surface area (Å²) in [5, 5.41) is 15.2. The molecule has 6 rings (SSSR count). The molecule has 5 aromatic carbocycles. The number of hydrogen-bond acceptors (Lipinski definition) is 8. The highest BCUT2D eigenvalue weighted by molar-refractivity contribution is 7.97. The maximum atomic E-state index is 12.7. The van der Waals surface area contributed by atoms with Crippen LogP contribution in [-0.2, 0) is 0 Å². The van der Waals surface area contributed by atoms with Gasteiger partial charge in [0.05, 0.1) is 27.4 Å². The number of carbonyl (C=O) groups is 2. The third-order valence-corrected chi connectivity index (χ3v) is 9.43. The number of para-hydroxylation sites is 1. The van der Waals surface area contributed by atoms with Crippen LogP contribution in [0.1, 0.15) is 46.4 Å². The largest absolute Gasteiger partial charge is 0.490 e. The van der Waals surface area contributed by atoms with Crippen LogP contribution in [0.3, 0.4) is 0 Å². The molecule has 0 radical (unpaired) electrons. The number of hydrogen-bond donors (Lipinski definition) is 3. The van der Waals surface area contributed by atoms with Gasteiger partial charge in [-0.25, -0.2) is 4.79 Å². The predicted octanol–water partition coefficient (Wildman–Crippen LogP) is 9.94. The number of aromatic carboxylic acids is 1. The first kappa shape index (κ1) is 34.7. The van der Waals surface area contributed by atoms with Gasteiger partial charge in [0.1, 0.15) is 17.2 Å². The third kappa shape index (κ3) is 9.05. The molecular formula is C36H30Cl2N2O7S. The summed E-state index contributed by atoms with van der Waals surface area (Å²) < 4.78 is 16.0. The maximum absolute atomic E-state index is 12.7. The monoisotopic (exact) mass is 704 g/mol. The van der Waals surface area contributed by atoms with E-state index < -0.39 is 11.9 Å². The minimum absolute atomic E-state index is 0.0264. The zero-order chi connectivity index (χ0) is 34.0. The number of carboxylic acid groups (broad SMARTS) is 1. The van der Waals surface area contributed by atoms with Gasteiger partial charge < -0.3 is 19.9 Å². The summed E-state index contributed by atoms with van der Waals surface area (Å²) in [5.74, 6) is 0.568. The number of nitrogens with one attached hydrogen (secondary N) is 2. The number of ether oxygens (including phenoxy) is 2. The van der Waals surface area contributed by atoms with E-state index >= 15 is 0 Å². The van der Waals surface area contributed by atoms with Gasteiger partial charge in [0, 0.05) is 26.4 Å². The molecule has 1 amide bonds. The van der Waals surface area contributed by atoms with E-state index in [0.29, 0.717) is 33.1 Å². The van der Waals surface area contributed by atoms with Crippen molar-refractivity contribution >= 4 is 63.5 Å². The van der Waals surface area contributed by atoms with Crippen LogP contribution in [0.5, 0.6) is 17.2 Å². The summed E-state index contributed by atoms with van der Waals surface area (Å²) in [7, 11) is 0. The van der Waals surface area contributed by atoms with Crippen molar-refractivity contribution in [2.24, 2.45) is 0 Å². The van der Waals surface area contributed by atoms with Crippen molar-refractivity contribution in [2.75, 3.05) is 5.32 Å². The molecule has 0 atom stereocenters. The standard InChI is InChI=1S/C36H30Cl2N2O5S.O2/c37-32-18-17-30(21-33(32)38)46-40-25-9-15-27(16-10-25)45-29-14-8-23-19-28(13-7-24(23)20-29)44-26-11-5-22(6-12-26)35(41)39-34-4-2-1-3-31(34)36(42)43;1-2/h1-8,11-14,17-21,25,27,40H,9-10,15-16H2,(H,39,41)(H,42,43);. The summed E-state index contributed by atoms with van der Waals surface area (Å²) in [5.41, 5.74) is 0.644. The van der Waals surface area contributed by atoms with Crippen LogP contribution in [-0.4, -0.2) is 29.1 Å². The highest BCUT2D eigenvalue weighted by Gasteiger charge is 2.23. The van der Waals surface area contributed by atoms with Gasteiger partial charge in [-0.2, -0.15) is 0 Å². The third-order valence-electron chi connectivity index (χ3n) is 7.75. The number of rotatable bonds is 10. The Kier molecular flexibility index (Phi) is 11.9. The summed E-state index contributed by atoms with van der Waals surface area (Å²) >= 11 is 13.7. The fourth-order valence-electron chi connectivity index (χ4n) is 5.30. The number of halogens is 2. The minimum Gasteiger partial charge on any atom is -0.490 e. The van der Waals surface area contributed by atoms with E-state index in [1.807, 2.05) is 48.5 Å². The molecule has 9 nitrogen and oxygen atoms in total. The van der Waals surface area contributed by atoms with Crippen molar-refractivity contribution in [1.29, 1.82) is 0 Å². The Morgan fingerprint density at radius 3 is 2.06 bits per heavy atom. The van der Waals surface area contributed by atoms with E-state index in [4.69, 9.17) is 42.6 Å². The second kappa shape index (κ2) is 16.5. The summed E-state index contributed by atoms with van der Waals surface area (Å²) in [4.78, 5) is 39.2. The van der Waals surface area contributed by atoms with Crippen molar-refractivity contribution in [3.05, 3.63) is 134 Å². The maximum Gasteiger partial charge on any atom is 0.337 e. The van der Waals surface area contributed by atoms with Crippen LogP contribution in [0.4, 0.5) is 5.69 Å². The Balaban J connectivity index is 0.00000221. The number of fused-ring (bicyclic) bond motifs is 1. The zero-order valence-corrected chi connectivity index (χ0v) is 27.7. The lowest BCUT2D eigenvalue weighted by molar-refractivity contribution is 0.0698. The number of anilines is 1. The molecule has 0 spiro atoms. The van der Waals surface area contributed by atoms with Crippen molar-refractivity contribution in [3.8, 4) is 17.2 Å². The van der Waals surface area contributed by atoms with Gasteiger partial charge in [-0.05, 0) is 127 Å². The molecule has 12 heteroatoms. The molecule has 1 fully saturated rings. The number of benzene rings is 5. The average Bonchev–Trinajstić information content (AvgIpc) is 3.11. The molecule has 246 valence electrons. The van der Waals surface area contributed by atoms with E-state index in [1.54, 1.807) is 54.4 Å². The van der Waals surface area contributed by atoms with Crippen molar-refractivity contribution in [3.63, 3.8) is 0 Å². The molecule has 0 bridgehead atoms. The Morgan fingerprint density at radius 1 is 0.729 bits per heavy atom. The highest BCUT2D eigenvalue weighted by atomic mass is 35.5. The Labute approximate surface area is 290 Å². The zero-order valence-electron chi connectivity index (χ0n) is 25.4. The van der Waals surface area contributed by atoms with Crippen molar-refractivity contribution in [2.45, 2.75) is 42.7 Å². The van der Waals surface area contributed by atoms with Gasteiger partial charge in [-0.1, -0.05) is 47.5 Å². The quantitative estimate of drug-likeness (QED) is 0.122. The van der Waals surface area contributed by atoms with Gasteiger partial charge >= 0.3 is 5.97 Å².